The van der Waals surface area contributed by atoms with Gasteiger partial charge in [0.25, 0.3) is 0 Å². The number of benzene rings is 8. The monoisotopic (exact) mass is 561 g/mol. The molecule has 8 aromatic carbocycles. The van der Waals surface area contributed by atoms with Gasteiger partial charge in [0.2, 0.25) is 0 Å². The van der Waals surface area contributed by atoms with Gasteiger partial charge in [-0.1, -0.05) is 121 Å². The molecule has 0 aliphatic rings. The highest BCUT2D eigenvalue weighted by atomic mass is 16.3. The highest BCUT2D eigenvalue weighted by molar-refractivity contribution is 6.22. The molecule has 0 fully saturated rings. The molecule has 2 heteroatoms. The van der Waals surface area contributed by atoms with Crippen LogP contribution in [0.4, 0.5) is 11.4 Å². The number of hydrogen-bond donors (Lipinski definition) is 1. The van der Waals surface area contributed by atoms with Gasteiger partial charge in [0.15, 0.2) is 5.58 Å². The molecule has 2 nitrogen and oxygen atoms in total. The Morgan fingerprint density at radius 2 is 1.07 bits per heavy atom. The minimum absolute atomic E-state index is 0.880. The molecule has 0 unspecified atom stereocenters. The highest BCUT2D eigenvalue weighted by Gasteiger charge is 2.15. The minimum Gasteiger partial charge on any atom is -0.454 e. The maximum absolute atomic E-state index is 6.40. The first-order chi connectivity index (χ1) is 21.8. The van der Waals surface area contributed by atoms with Crippen LogP contribution in [0.5, 0.6) is 0 Å². The molecule has 0 aliphatic heterocycles. The van der Waals surface area contributed by atoms with E-state index in [4.69, 9.17) is 4.42 Å². The lowest BCUT2D eigenvalue weighted by atomic mass is 9.94. The van der Waals surface area contributed by atoms with Crippen molar-refractivity contribution in [1.82, 2.24) is 0 Å². The molecule has 0 spiro atoms. The van der Waals surface area contributed by atoms with Gasteiger partial charge in [-0.05, 0) is 91.0 Å². The van der Waals surface area contributed by atoms with Crippen molar-refractivity contribution in [2.75, 3.05) is 5.32 Å². The normalized spacial score (nSPS) is 11.6. The van der Waals surface area contributed by atoms with Crippen LogP contribution in [0.2, 0.25) is 0 Å². The van der Waals surface area contributed by atoms with Crippen LogP contribution in [0, 0.1) is 0 Å². The molecule has 1 aromatic heterocycles. The van der Waals surface area contributed by atoms with E-state index in [0.29, 0.717) is 0 Å². The zero-order chi connectivity index (χ0) is 29.0. The molecular formula is C42H27NO. The zero-order valence-corrected chi connectivity index (χ0v) is 23.9. The molecule has 9 rings (SSSR count). The van der Waals surface area contributed by atoms with Gasteiger partial charge in [0.05, 0.1) is 5.69 Å². The van der Waals surface area contributed by atoms with E-state index in [2.05, 4.69) is 151 Å². The molecule has 44 heavy (non-hydrogen) atoms. The van der Waals surface area contributed by atoms with Crippen molar-refractivity contribution in [3.63, 3.8) is 0 Å². The van der Waals surface area contributed by atoms with E-state index in [1.807, 2.05) is 12.1 Å². The Morgan fingerprint density at radius 3 is 1.95 bits per heavy atom. The molecule has 0 amide bonds. The second kappa shape index (κ2) is 9.86. The van der Waals surface area contributed by atoms with E-state index in [1.54, 1.807) is 0 Å². The number of furan rings is 1. The molecule has 206 valence electrons. The van der Waals surface area contributed by atoms with Crippen LogP contribution >= 0.6 is 0 Å². The predicted octanol–water partition coefficient (Wildman–Crippen LogP) is 12.1. The quantitative estimate of drug-likeness (QED) is 0.231. The summed E-state index contributed by atoms with van der Waals surface area (Å²) in [5, 5.41) is 13.3. The van der Waals surface area contributed by atoms with Gasteiger partial charge in [-0.2, -0.15) is 0 Å². The van der Waals surface area contributed by atoms with Gasteiger partial charge in [0.1, 0.15) is 5.58 Å². The average Bonchev–Trinajstić information content (AvgIpc) is 3.48. The van der Waals surface area contributed by atoms with Crippen molar-refractivity contribution in [3.05, 3.63) is 158 Å². The van der Waals surface area contributed by atoms with Gasteiger partial charge in [0, 0.05) is 16.5 Å². The highest BCUT2D eigenvalue weighted by Crippen LogP contribution is 2.40. The summed E-state index contributed by atoms with van der Waals surface area (Å²) in [5.41, 5.74) is 8.64. The van der Waals surface area contributed by atoms with Gasteiger partial charge >= 0.3 is 0 Å². The Kier molecular flexibility index (Phi) is 5.54. The standard InChI is InChI=1S/C42H27NO/c1-2-9-29-24-33(17-16-27(29)8-1)35-14-7-11-31-25-30(20-23-36(31)35)28-18-21-34(22-19-28)43-39-26-32-10-3-4-12-37(32)41-38-13-5-6-15-40(38)44-42(39)41/h1-26,43H. The lowest BCUT2D eigenvalue weighted by Crippen LogP contribution is -1.91. The third kappa shape index (κ3) is 4.04. The summed E-state index contributed by atoms with van der Waals surface area (Å²) in [4.78, 5) is 0. The van der Waals surface area contributed by atoms with Crippen molar-refractivity contribution < 1.29 is 4.42 Å². The zero-order valence-electron chi connectivity index (χ0n) is 23.9. The minimum atomic E-state index is 0.880. The summed E-state index contributed by atoms with van der Waals surface area (Å²) in [6, 6.07) is 56.3. The van der Waals surface area contributed by atoms with Crippen molar-refractivity contribution in [1.29, 1.82) is 0 Å². The van der Waals surface area contributed by atoms with Crippen molar-refractivity contribution in [2.24, 2.45) is 0 Å². The SMILES string of the molecule is c1ccc2cc(-c3cccc4cc(-c5ccc(Nc6cc7ccccc7c7c6oc6ccccc67)cc5)ccc34)ccc2c1. The number of anilines is 2. The third-order valence-corrected chi connectivity index (χ3v) is 8.81. The third-order valence-electron chi connectivity index (χ3n) is 8.81. The molecule has 0 saturated carbocycles. The summed E-state index contributed by atoms with van der Waals surface area (Å²) < 4.78 is 6.40. The van der Waals surface area contributed by atoms with E-state index in [-0.39, 0.29) is 0 Å². The average molecular weight is 562 g/mol. The number of fused-ring (bicyclic) bond motifs is 7. The molecule has 0 aliphatic carbocycles. The number of para-hydroxylation sites is 1. The Hall–Kier alpha value is -5.86. The van der Waals surface area contributed by atoms with Crippen molar-refractivity contribution >= 4 is 65.6 Å². The van der Waals surface area contributed by atoms with Crippen LogP contribution in [0.25, 0.3) is 76.5 Å². The fourth-order valence-electron chi connectivity index (χ4n) is 6.64. The van der Waals surface area contributed by atoms with Gasteiger partial charge < -0.3 is 9.73 Å². The number of nitrogens with one attached hydrogen (secondary N) is 1. The molecule has 0 bridgehead atoms. The summed E-state index contributed by atoms with van der Waals surface area (Å²) in [6.45, 7) is 0. The van der Waals surface area contributed by atoms with Crippen molar-refractivity contribution in [3.8, 4) is 22.3 Å². The Bertz CT molecular complexity index is 2520. The fraction of sp³-hybridized carbons (Fsp3) is 0. The van der Waals surface area contributed by atoms with Gasteiger partial charge in [-0.3, -0.25) is 0 Å². The maximum Gasteiger partial charge on any atom is 0.159 e. The summed E-state index contributed by atoms with van der Waals surface area (Å²) in [6.07, 6.45) is 0. The predicted molar refractivity (Wildman–Crippen MR) is 187 cm³/mol. The second-order valence-corrected chi connectivity index (χ2v) is 11.5. The van der Waals surface area contributed by atoms with E-state index in [1.165, 1.54) is 54.6 Å². The molecule has 1 heterocycles. The van der Waals surface area contributed by atoms with Crippen LogP contribution in [0.3, 0.4) is 0 Å². The smallest absolute Gasteiger partial charge is 0.159 e. The number of hydrogen-bond acceptors (Lipinski definition) is 2. The van der Waals surface area contributed by atoms with Crippen LogP contribution in [-0.4, -0.2) is 0 Å². The second-order valence-electron chi connectivity index (χ2n) is 11.5. The van der Waals surface area contributed by atoms with Crippen LogP contribution in [0.15, 0.2) is 162 Å². The number of rotatable bonds is 4. The first kappa shape index (κ1) is 24.7. The van der Waals surface area contributed by atoms with E-state index < -0.39 is 0 Å². The molecule has 0 radical (unpaired) electrons. The lowest BCUT2D eigenvalue weighted by Gasteiger charge is -2.12. The summed E-state index contributed by atoms with van der Waals surface area (Å²) >= 11 is 0. The first-order valence-electron chi connectivity index (χ1n) is 15.0. The largest absolute Gasteiger partial charge is 0.454 e. The topological polar surface area (TPSA) is 25.2 Å². The first-order valence-corrected chi connectivity index (χ1v) is 15.0. The van der Waals surface area contributed by atoms with Crippen molar-refractivity contribution in [2.45, 2.75) is 0 Å². The fourth-order valence-corrected chi connectivity index (χ4v) is 6.64. The molecule has 1 N–H and O–H groups in total. The molecular weight excluding hydrogens is 534 g/mol. The Balaban J connectivity index is 1.06. The molecule has 0 saturated heterocycles. The maximum atomic E-state index is 6.40. The summed E-state index contributed by atoms with van der Waals surface area (Å²) in [5.74, 6) is 0. The van der Waals surface area contributed by atoms with Gasteiger partial charge in [-0.15, -0.1) is 0 Å². The Morgan fingerprint density at radius 1 is 0.409 bits per heavy atom. The van der Waals surface area contributed by atoms with Crippen LogP contribution in [-0.2, 0) is 0 Å². The van der Waals surface area contributed by atoms with E-state index in [0.717, 1.165) is 33.3 Å². The van der Waals surface area contributed by atoms with Gasteiger partial charge in [-0.25, -0.2) is 0 Å². The Labute approximate surface area is 254 Å². The van der Waals surface area contributed by atoms with E-state index >= 15 is 0 Å². The summed E-state index contributed by atoms with van der Waals surface area (Å²) in [7, 11) is 0. The van der Waals surface area contributed by atoms with Crippen LogP contribution < -0.4 is 5.32 Å². The lowest BCUT2D eigenvalue weighted by molar-refractivity contribution is 0.670. The van der Waals surface area contributed by atoms with Crippen LogP contribution in [0.1, 0.15) is 0 Å². The molecule has 9 aromatic rings. The molecule has 0 atom stereocenters. The van der Waals surface area contributed by atoms with E-state index in [9.17, 15) is 0 Å².